The van der Waals surface area contributed by atoms with Gasteiger partial charge in [0.25, 0.3) is 11.6 Å². The van der Waals surface area contributed by atoms with Gasteiger partial charge < -0.3 is 14.8 Å². The van der Waals surface area contributed by atoms with E-state index in [1.54, 1.807) is 36.4 Å². The lowest BCUT2D eigenvalue weighted by molar-refractivity contribution is -0.384. The van der Waals surface area contributed by atoms with Gasteiger partial charge >= 0.3 is 5.24 Å². The third-order valence-electron chi connectivity index (χ3n) is 4.01. The number of benzene rings is 2. The Kier molecular flexibility index (Phi) is 8.16. The molecule has 0 atom stereocenters. The van der Waals surface area contributed by atoms with Crippen LogP contribution in [-0.2, 0) is 0 Å². The molecule has 0 spiro atoms. The molecule has 0 fully saturated rings. The van der Waals surface area contributed by atoms with Crippen molar-refractivity contribution in [1.29, 1.82) is 0 Å². The highest BCUT2D eigenvalue weighted by molar-refractivity contribution is 8.13. The topological polar surface area (TPSA) is 153 Å². The summed E-state index contributed by atoms with van der Waals surface area (Å²) in [6.07, 6.45) is 0. The van der Waals surface area contributed by atoms with Crippen LogP contribution in [0.5, 0.6) is 17.4 Å². The molecule has 3 aromatic rings. The first-order valence-corrected chi connectivity index (χ1v) is 10.3. The number of carbonyl (C=O) groups excluding carboxylic acids is 2. The quantitative estimate of drug-likeness (QED) is 0.139. The van der Waals surface area contributed by atoms with Crippen LogP contribution in [0.25, 0.3) is 0 Å². The van der Waals surface area contributed by atoms with Crippen LogP contribution in [0.1, 0.15) is 10.5 Å². The molecule has 1 heterocycles. The molecule has 0 aliphatic carbocycles. The van der Waals surface area contributed by atoms with E-state index in [0.717, 1.165) is 11.8 Å². The van der Waals surface area contributed by atoms with Crippen LogP contribution in [0.15, 0.2) is 71.6 Å². The number of non-ortho nitro benzene ring substituents is 1. The fourth-order valence-electron chi connectivity index (χ4n) is 2.51. The number of hydrogen-bond donors (Lipinski definition) is 3. The minimum Gasteiger partial charge on any atom is -0.492 e. The van der Waals surface area contributed by atoms with Crippen molar-refractivity contribution in [2.24, 2.45) is 0 Å². The predicted molar refractivity (Wildman–Crippen MR) is 118 cm³/mol. The number of carbonyl (C=O) groups is 2. The Labute approximate surface area is 191 Å². The Morgan fingerprint density at radius 1 is 1.03 bits per heavy atom. The molecule has 12 heteroatoms. The number of pyridine rings is 1. The summed E-state index contributed by atoms with van der Waals surface area (Å²) in [7, 11) is 0. The zero-order valence-corrected chi connectivity index (χ0v) is 17.8. The minimum absolute atomic E-state index is 0.0606. The van der Waals surface area contributed by atoms with E-state index in [4.69, 9.17) is 14.7 Å². The lowest BCUT2D eigenvalue weighted by atomic mass is 10.3. The third kappa shape index (κ3) is 7.19. The maximum absolute atomic E-state index is 12.3. The van der Waals surface area contributed by atoms with Gasteiger partial charge in [0.1, 0.15) is 23.8 Å². The summed E-state index contributed by atoms with van der Waals surface area (Å²) in [5, 5.41) is 21.3. The van der Waals surface area contributed by atoms with Gasteiger partial charge in [-0.1, -0.05) is 6.07 Å². The average Bonchev–Trinajstić information content (AvgIpc) is 2.83. The van der Waals surface area contributed by atoms with Gasteiger partial charge in [-0.25, -0.2) is 10.5 Å². The Morgan fingerprint density at radius 3 is 2.39 bits per heavy atom. The molecule has 1 aromatic heterocycles. The van der Waals surface area contributed by atoms with Crippen LogP contribution >= 0.6 is 11.8 Å². The number of nitro groups is 1. The second-order valence-electron chi connectivity index (χ2n) is 6.29. The zero-order valence-electron chi connectivity index (χ0n) is 17.0. The molecule has 0 saturated heterocycles. The van der Waals surface area contributed by atoms with Gasteiger partial charge in [-0.15, -0.1) is 0 Å². The number of nitrogens with one attached hydrogen (secondary N) is 2. The molecule has 11 nitrogen and oxygen atoms in total. The fourth-order valence-corrected chi connectivity index (χ4v) is 3.04. The number of amides is 2. The van der Waals surface area contributed by atoms with Gasteiger partial charge in [0.15, 0.2) is 0 Å². The summed E-state index contributed by atoms with van der Waals surface area (Å²) < 4.78 is 11.1. The lowest BCUT2D eigenvalue weighted by Crippen LogP contribution is -2.28. The highest BCUT2D eigenvalue weighted by atomic mass is 32.2. The summed E-state index contributed by atoms with van der Waals surface area (Å²) in [6, 6.07) is 16.8. The molecule has 0 saturated carbocycles. The van der Waals surface area contributed by atoms with E-state index < -0.39 is 16.1 Å². The number of nitrogens with zero attached hydrogens (tertiary/aromatic N) is 2. The van der Waals surface area contributed by atoms with Crippen molar-refractivity contribution in [2.75, 3.05) is 13.2 Å². The highest BCUT2D eigenvalue weighted by Crippen LogP contribution is 2.23. The van der Waals surface area contributed by atoms with Gasteiger partial charge in [-0.05, 0) is 54.2 Å². The summed E-state index contributed by atoms with van der Waals surface area (Å²) in [5.41, 5.74) is 1.61. The van der Waals surface area contributed by atoms with E-state index in [1.807, 2.05) is 0 Å². The second-order valence-corrected chi connectivity index (χ2v) is 7.34. The zero-order chi connectivity index (χ0) is 23.6. The number of thioether (sulfide) groups is 1. The Bertz CT molecular complexity index is 1120. The molecule has 170 valence electrons. The van der Waals surface area contributed by atoms with Crippen molar-refractivity contribution in [1.82, 2.24) is 15.8 Å². The van der Waals surface area contributed by atoms with Crippen molar-refractivity contribution < 1.29 is 29.2 Å². The molecule has 0 aliphatic rings. The smallest absolute Gasteiger partial charge is 0.307 e. The summed E-state index contributed by atoms with van der Waals surface area (Å²) in [6.45, 7) is 0.422. The Balaban J connectivity index is 1.46. The van der Waals surface area contributed by atoms with E-state index in [-0.39, 0.29) is 30.4 Å². The van der Waals surface area contributed by atoms with Crippen LogP contribution in [0.4, 0.5) is 10.5 Å². The van der Waals surface area contributed by atoms with Gasteiger partial charge in [0.05, 0.1) is 11.5 Å². The maximum atomic E-state index is 12.3. The Hall–Kier alpha value is -4.16. The van der Waals surface area contributed by atoms with Crippen LogP contribution in [0.2, 0.25) is 0 Å². The Morgan fingerprint density at radius 2 is 1.73 bits per heavy atom. The number of rotatable bonds is 9. The van der Waals surface area contributed by atoms with Crippen molar-refractivity contribution in [3.05, 3.63) is 82.5 Å². The molecule has 2 amide bonds. The summed E-state index contributed by atoms with van der Waals surface area (Å²) >= 11 is 0.829. The van der Waals surface area contributed by atoms with Crippen LogP contribution in [0.3, 0.4) is 0 Å². The van der Waals surface area contributed by atoms with Crippen LogP contribution < -0.4 is 20.3 Å². The average molecular weight is 470 g/mol. The third-order valence-corrected chi connectivity index (χ3v) is 4.79. The van der Waals surface area contributed by atoms with E-state index in [2.05, 4.69) is 10.3 Å². The molecule has 0 aliphatic heterocycles. The molecule has 0 unspecified atom stereocenters. The first kappa shape index (κ1) is 23.5. The lowest BCUT2D eigenvalue weighted by Gasteiger charge is -2.09. The van der Waals surface area contributed by atoms with Gasteiger partial charge in [0, 0.05) is 23.1 Å². The normalized spacial score (nSPS) is 10.2. The molecular formula is C21H18N4O7S. The van der Waals surface area contributed by atoms with Crippen LogP contribution in [0, 0.1) is 10.1 Å². The van der Waals surface area contributed by atoms with E-state index in [0.29, 0.717) is 16.4 Å². The van der Waals surface area contributed by atoms with E-state index in [9.17, 15) is 19.7 Å². The highest BCUT2D eigenvalue weighted by Gasteiger charge is 2.10. The van der Waals surface area contributed by atoms with Crippen molar-refractivity contribution in [2.45, 2.75) is 4.90 Å². The fraction of sp³-hybridized carbons (Fsp3) is 0.0952. The minimum atomic E-state index is -0.595. The monoisotopic (exact) mass is 470 g/mol. The van der Waals surface area contributed by atoms with Crippen molar-refractivity contribution in [3.8, 4) is 17.4 Å². The van der Waals surface area contributed by atoms with Crippen LogP contribution in [-0.4, -0.2) is 39.4 Å². The van der Waals surface area contributed by atoms with Gasteiger partial charge in [-0.2, -0.15) is 0 Å². The SMILES string of the molecule is O=C(NO)Sc1ccc(OCCNC(=O)c2cccc(Oc3ccc([N+](=O)[O-])cc3)n2)cc1. The molecular weight excluding hydrogens is 452 g/mol. The first-order valence-electron chi connectivity index (χ1n) is 9.47. The number of hydroxylamine groups is 1. The largest absolute Gasteiger partial charge is 0.492 e. The standard InChI is InChI=1S/C21H18N4O7S/c26-20(22-12-13-31-15-8-10-17(11-9-15)33-21(27)24-28)18-2-1-3-19(23-18)32-16-6-4-14(5-7-16)25(29)30/h1-11,28H,12-13H2,(H,22,26)(H,24,27). The van der Waals surface area contributed by atoms with Crippen molar-refractivity contribution >= 4 is 28.6 Å². The number of hydrogen-bond acceptors (Lipinski definition) is 9. The van der Waals surface area contributed by atoms with Gasteiger partial charge in [-0.3, -0.25) is 24.9 Å². The molecule has 0 bridgehead atoms. The molecule has 33 heavy (non-hydrogen) atoms. The molecule has 0 radical (unpaired) electrons. The van der Waals surface area contributed by atoms with E-state index in [1.165, 1.54) is 35.8 Å². The summed E-state index contributed by atoms with van der Waals surface area (Å²) in [4.78, 5) is 38.4. The molecule has 2 aromatic carbocycles. The maximum Gasteiger partial charge on any atom is 0.307 e. The summed E-state index contributed by atoms with van der Waals surface area (Å²) in [5.74, 6) is 0.644. The molecule has 3 N–H and O–H groups in total. The number of nitro benzene ring substituents is 1. The van der Waals surface area contributed by atoms with E-state index >= 15 is 0 Å². The first-order chi connectivity index (χ1) is 15.9. The second kappa shape index (κ2) is 11.5. The van der Waals surface area contributed by atoms with Gasteiger partial charge in [0.2, 0.25) is 5.88 Å². The number of aromatic nitrogens is 1. The van der Waals surface area contributed by atoms with Crippen molar-refractivity contribution in [3.63, 3.8) is 0 Å². The number of ether oxygens (including phenoxy) is 2. The molecule has 3 rings (SSSR count). The predicted octanol–water partition coefficient (Wildman–Crippen LogP) is 3.78.